The van der Waals surface area contributed by atoms with Crippen LogP contribution >= 0.6 is 0 Å². The fourth-order valence-corrected chi connectivity index (χ4v) is 0.797. The van der Waals surface area contributed by atoms with E-state index >= 15 is 0 Å². The van der Waals surface area contributed by atoms with Gasteiger partial charge in [0, 0.05) is 0 Å². The number of amides is 1. The third-order valence-corrected chi connectivity index (χ3v) is 1.36. The molecule has 0 aromatic heterocycles. The van der Waals surface area contributed by atoms with Crippen LogP contribution in [0.4, 0.5) is 0 Å². The summed E-state index contributed by atoms with van der Waals surface area (Å²) >= 11 is 0. The molecule has 0 aromatic rings. The summed E-state index contributed by atoms with van der Waals surface area (Å²) in [6.07, 6.45) is 4.65. The molecule has 1 atom stereocenters. The lowest BCUT2D eigenvalue weighted by molar-refractivity contribution is -0.115. The second kappa shape index (κ2) is 2.56. The largest absolute Gasteiger partial charge is 0.493 e. The first kappa shape index (κ1) is 6.86. The van der Waals surface area contributed by atoms with Crippen molar-refractivity contribution in [1.82, 2.24) is 0 Å². The number of carbonyl (C=O) groups is 1. The lowest BCUT2D eigenvalue weighted by Gasteiger charge is -2.14. The number of carbonyl (C=O) groups excluding carboxylic acids is 1. The number of allylic oxidation sites excluding steroid dienone is 2. The summed E-state index contributed by atoms with van der Waals surface area (Å²) in [5, 5.41) is 0. The molecule has 1 rings (SSSR count). The van der Waals surface area contributed by atoms with Gasteiger partial charge in [0.2, 0.25) is 5.91 Å². The summed E-state index contributed by atoms with van der Waals surface area (Å²) in [7, 11) is 0. The Morgan fingerprint density at radius 1 is 1.80 bits per heavy atom. The Bertz CT molecular complexity index is 206. The number of nitrogens with two attached hydrogens (primary N) is 1. The van der Waals surface area contributed by atoms with Crippen molar-refractivity contribution >= 4 is 5.91 Å². The Morgan fingerprint density at radius 3 is 2.90 bits per heavy atom. The van der Waals surface area contributed by atoms with Gasteiger partial charge in [-0.25, -0.2) is 0 Å². The highest BCUT2D eigenvalue weighted by Crippen LogP contribution is 2.10. The van der Waals surface area contributed by atoms with Gasteiger partial charge in [-0.05, 0) is 19.1 Å². The van der Waals surface area contributed by atoms with Crippen LogP contribution in [0, 0.1) is 0 Å². The van der Waals surface area contributed by atoms with Crippen LogP contribution in [0.15, 0.2) is 24.0 Å². The molecule has 1 heterocycles. The van der Waals surface area contributed by atoms with Crippen LogP contribution in [0.3, 0.4) is 0 Å². The summed E-state index contributed by atoms with van der Waals surface area (Å²) in [4.78, 5) is 10.6. The Labute approximate surface area is 59.2 Å². The van der Waals surface area contributed by atoms with E-state index in [-0.39, 0.29) is 6.10 Å². The fraction of sp³-hybridized carbons (Fsp3) is 0.286. The van der Waals surface area contributed by atoms with Crippen LogP contribution < -0.4 is 5.73 Å². The highest BCUT2D eigenvalue weighted by Gasteiger charge is 2.15. The molecular formula is C7H9NO2. The maximum absolute atomic E-state index is 10.6. The Hall–Kier alpha value is -1.25. The maximum Gasteiger partial charge on any atom is 0.248 e. The molecule has 2 N–H and O–H groups in total. The van der Waals surface area contributed by atoms with Gasteiger partial charge in [-0.15, -0.1) is 0 Å². The van der Waals surface area contributed by atoms with E-state index in [1.165, 1.54) is 6.26 Å². The van der Waals surface area contributed by atoms with Gasteiger partial charge in [0.25, 0.3) is 0 Å². The van der Waals surface area contributed by atoms with Crippen LogP contribution in [0.2, 0.25) is 0 Å². The standard InChI is InChI=1S/C7H9NO2/c1-5-6(7(8)9)3-2-4-10-5/h2-5H,1H3,(H2,8,9). The Kier molecular flexibility index (Phi) is 1.76. The summed E-state index contributed by atoms with van der Waals surface area (Å²) in [6.45, 7) is 1.78. The second-order valence-corrected chi connectivity index (χ2v) is 2.09. The number of ether oxygens (including phenoxy) is 1. The van der Waals surface area contributed by atoms with Gasteiger partial charge >= 0.3 is 0 Å². The fourth-order valence-electron chi connectivity index (χ4n) is 0.797. The molecule has 1 aliphatic heterocycles. The first-order chi connectivity index (χ1) is 4.72. The van der Waals surface area contributed by atoms with E-state index < -0.39 is 5.91 Å². The van der Waals surface area contributed by atoms with E-state index in [0.717, 1.165) is 0 Å². The maximum atomic E-state index is 10.6. The molecule has 0 spiro atoms. The second-order valence-electron chi connectivity index (χ2n) is 2.09. The molecule has 0 bridgehead atoms. The van der Waals surface area contributed by atoms with Crippen LogP contribution in [-0.2, 0) is 9.53 Å². The topological polar surface area (TPSA) is 52.3 Å². The van der Waals surface area contributed by atoms with Crippen LogP contribution in [-0.4, -0.2) is 12.0 Å². The lowest BCUT2D eigenvalue weighted by Crippen LogP contribution is -2.24. The minimum absolute atomic E-state index is 0.206. The zero-order valence-corrected chi connectivity index (χ0v) is 5.70. The molecule has 3 nitrogen and oxygen atoms in total. The minimum atomic E-state index is -0.420. The number of rotatable bonds is 1. The van der Waals surface area contributed by atoms with E-state index in [1.807, 2.05) is 0 Å². The third kappa shape index (κ3) is 1.18. The molecule has 0 radical (unpaired) electrons. The van der Waals surface area contributed by atoms with Crippen LogP contribution in [0.1, 0.15) is 6.92 Å². The van der Waals surface area contributed by atoms with E-state index in [9.17, 15) is 4.79 Å². The van der Waals surface area contributed by atoms with Crippen LogP contribution in [0.5, 0.6) is 0 Å². The first-order valence-corrected chi connectivity index (χ1v) is 3.04. The summed E-state index contributed by atoms with van der Waals surface area (Å²) in [6, 6.07) is 0. The molecule has 1 unspecified atom stereocenters. The van der Waals surface area contributed by atoms with Crippen molar-refractivity contribution in [1.29, 1.82) is 0 Å². The third-order valence-electron chi connectivity index (χ3n) is 1.36. The molecule has 0 aliphatic carbocycles. The predicted molar refractivity (Wildman–Crippen MR) is 37.0 cm³/mol. The first-order valence-electron chi connectivity index (χ1n) is 3.04. The number of primary amides is 1. The lowest BCUT2D eigenvalue weighted by atomic mass is 10.1. The van der Waals surface area contributed by atoms with Gasteiger partial charge < -0.3 is 10.5 Å². The zero-order valence-electron chi connectivity index (χ0n) is 5.70. The van der Waals surface area contributed by atoms with Crippen molar-refractivity contribution in [2.75, 3.05) is 0 Å². The summed E-state index contributed by atoms with van der Waals surface area (Å²) in [5.74, 6) is -0.420. The van der Waals surface area contributed by atoms with Gasteiger partial charge in [-0.2, -0.15) is 0 Å². The Morgan fingerprint density at radius 2 is 2.50 bits per heavy atom. The van der Waals surface area contributed by atoms with Crippen molar-refractivity contribution in [3.63, 3.8) is 0 Å². The smallest absolute Gasteiger partial charge is 0.248 e. The molecule has 0 saturated heterocycles. The van der Waals surface area contributed by atoms with Gasteiger partial charge in [0.1, 0.15) is 6.10 Å². The summed E-state index contributed by atoms with van der Waals surface area (Å²) < 4.78 is 5.00. The number of hydrogen-bond donors (Lipinski definition) is 1. The molecule has 1 amide bonds. The van der Waals surface area contributed by atoms with Gasteiger partial charge in [0.05, 0.1) is 11.8 Å². The van der Waals surface area contributed by atoms with Gasteiger partial charge in [-0.1, -0.05) is 0 Å². The molecule has 54 valence electrons. The van der Waals surface area contributed by atoms with E-state index in [1.54, 1.807) is 19.1 Å². The van der Waals surface area contributed by atoms with Crippen LogP contribution in [0.25, 0.3) is 0 Å². The van der Waals surface area contributed by atoms with Crippen molar-refractivity contribution in [2.45, 2.75) is 13.0 Å². The van der Waals surface area contributed by atoms with Gasteiger partial charge in [-0.3, -0.25) is 4.79 Å². The zero-order chi connectivity index (χ0) is 7.56. The molecule has 1 aliphatic rings. The van der Waals surface area contributed by atoms with Crippen molar-refractivity contribution in [2.24, 2.45) is 5.73 Å². The minimum Gasteiger partial charge on any atom is -0.493 e. The monoisotopic (exact) mass is 139 g/mol. The van der Waals surface area contributed by atoms with Crippen molar-refractivity contribution in [3.8, 4) is 0 Å². The molecule has 0 saturated carbocycles. The SMILES string of the molecule is CC1OC=CC=C1C(N)=O. The molecule has 0 aromatic carbocycles. The van der Waals surface area contributed by atoms with E-state index in [4.69, 9.17) is 10.5 Å². The van der Waals surface area contributed by atoms with E-state index in [2.05, 4.69) is 0 Å². The number of hydrogen-bond acceptors (Lipinski definition) is 2. The Balaban J connectivity index is 2.80. The highest BCUT2D eigenvalue weighted by molar-refractivity contribution is 5.93. The molecule has 0 fully saturated rings. The van der Waals surface area contributed by atoms with Gasteiger partial charge in [0.15, 0.2) is 0 Å². The average Bonchev–Trinajstić information content (AvgIpc) is 1.88. The molecular weight excluding hydrogens is 130 g/mol. The van der Waals surface area contributed by atoms with Crippen molar-refractivity contribution in [3.05, 3.63) is 24.0 Å². The highest BCUT2D eigenvalue weighted by atomic mass is 16.5. The molecule has 10 heavy (non-hydrogen) atoms. The average molecular weight is 139 g/mol. The summed E-state index contributed by atoms with van der Waals surface area (Å²) in [5.41, 5.74) is 5.55. The quantitative estimate of drug-likeness (QED) is 0.569. The van der Waals surface area contributed by atoms with Crippen molar-refractivity contribution < 1.29 is 9.53 Å². The predicted octanol–water partition coefficient (Wildman–Crippen LogP) is 0.331. The normalized spacial score (nSPS) is 23.3. The molecule has 3 heteroatoms. The van der Waals surface area contributed by atoms with E-state index in [0.29, 0.717) is 5.57 Å².